The van der Waals surface area contributed by atoms with E-state index in [2.05, 4.69) is 18.7 Å². The Balaban J connectivity index is 0.000000153. The van der Waals surface area contributed by atoms with Crippen LogP contribution >= 0.6 is 0 Å². The fraction of sp³-hybridized carbons (Fsp3) is 0.722. The molecule has 3 heteroatoms. The molecule has 0 spiro atoms. The second kappa shape index (κ2) is 7.26. The highest BCUT2D eigenvalue weighted by atomic mass is 16.6. The van der Waals surface area contributed by atoms with E-state index in [1.807, 2.05) is 6.92 Å². The second-order valence-electron chi connectivity index (χ2n) is 6.66. The van der Waals surface area contributed by atoms with E-state index >= 15 is 0 Å². The van der Waals surface area contributed by atoms with Gasteiger partial charge in [0.15, 0.2) is 0 Å². The van der Waals surface area contributed by atoms with Gasteiger partial charge in [-0.25, -0.2) is 4.79 Å². The molecular weight excluding hydrogens is 264 g/mol. The molecular formula is C18H28O3. The number of ether oxygens (including phenoxy) is 2. The van der Waals surface area contributed by atoms with Gasteiger partial charge in [0.2, 0.25) is 0 Å². The molecule has 0 aliphatic heterocycles. The number of esters is 1. The Kier molecular flexibility index (Phi) is 5.63. The summed E-state index contributed by atoms with van der Waals surface area (Å²) in [6.07, 6.45) is 10.9. The Labute approximate surface area is 128 Å². The summed E-state index contributed by atoms with van der Waals surface area (Å²) in [4.78, 5) is 10.8. The smallest absolute Gasteiger partial charge is 0.333 e. The fourth-order valence-electron chi connectivity index (χ4n) is 3.88. The minimum Gasteiger partial charge on any atom is -0.460 e. The van der Waals surface area contributed by atoms with Crippen molar-refractivity contribution in [1.29, 1.82) is 0 Å². The van der Waals surface area contributed by atoms with Crippen LogP contribution in [0, 0.1) is 23.7 Å². The van der Waals surface area contributed by atoms with E-state index in [1.165, 1.54) is 12.8 Å². The second-order valence-corrected chi connectivity index (χ2v) is 6.66. The molecule has 0 saturated heterocycles. The summed E-state index contributed by atoms with van der Waals surface area (Å²) < 4.78 is 9.67. The first-order valence-corrected chi connectivity index (χ1v) is 8.05. The zero-order chi connectivity index (χ0) is 15.4. The predicted molar refractivity (Wildman–Crippen MR) is 83.8 cm³/mol. The number of carbonyl (C=O) groups is 1. The standard InChI is InChI=1S/C10H14.C8H14O3/c1-2-9-7-4-5-8(6-7)10(9)3-1;1-6(2)8(9)11-5-7(3)10-4/h1-2,7-10H,3-6H2;7H,1,5H2,2-4H3. The van der Waals surface area contributed by atoms with Crippen molar-refractivity contribution in [3.8, 4) is 0 Å². The van der Waals surface area contributed by atoms with E-state index in [4.69, 9.17) is 9.47 Å². The molecule has 0 N–H and O–H groups in total. The zero-order valence-electron chi connectivity index (χ0n) is 13.5. The van der Waals surface area contributed by atoms with Gasteiger partial charge in [0.25, 0.3) is 0 Å². The highest BCUT2D eigenvalue weighted by Crippen LogP contribution is 2.56. The van der Waals surface area contributed by atoms with Gasteiger partial charge in [0.05, 0.1) is 6.10 Å². The van der Waals surface area contributed by atoms with E-state index in [-0.39, 0.29) is 18.7 Å². The molecule has 3 rings (SSSR count). The maximum Gasteiger partial charge on any atom is 0.333 e. The van der Waals surface area contributed by atoms with E-state index in [9.17, 15) is 4.79 Å². The highest BCUT2D eigenvalue weighted by Gasteiger charge is 2.47. The number of rotatable bonds is 4. The van der Waals surface area contributed by atoms with Crippen molar-refractivity contribution in [3.05, 3.63) is 24.3 Å². The minimum absolute atomic E-state index is 0.0571. The molecule has 118 valence electrons. The van der Waals surface area contributed by atoms with Crippen LogP contribution in [0.1, 0.15) is 39.5 Å². The Morgan fingerprint density at radius 1 is 1.38 bits per heavy atom. The Morgan fingerprint density at radius 2 is 2.10 bits per heavy atom. The maximum absolute atomic E-state index is 10.8. The molecule has 21 heavy (non-hydrogen) atoms. The molecule has 5 unspecified atom stereocenters. The third-order valence-corrected chi connectivity index (χ3v) is 5.12. The molecule has 3 aliphatic carbocycles. The van der Waals surface area contributed by atoms with Gasteiger partial charge in [-0.15, -0.1) is 0 Å². The molecule has 2 bridgehead atoms. The molecule has 0 aromatic rings. The van der Waals surface area contributed by atoms with Crippen LogP contribution in [-0.4, -0.2) is 25.8 Å². The van der Waals surface area contributed by atoms with Crippen LogP contribution in [0.25, 0.3) is 0 Å². The van der Waals surface area contributed by atoms with Crippen molar-refractivity contribution in [3.63, 3.8) is 0 Å². The largest absolute Gasteiger partial charge is 0.460 e. The Bertz CT molecular complexity index is 413. The quantitative estimate of drug-likeness (QED) is 0.450. The minimum atomic E-state index is -0.367. The van der Waals surface area contributed by atoms with Crippen LogP contribution in [-0.2, 0) is 14.3 Å². The SMILES string of the molecule is C1=CC2C3CCC(C3)C2C1.C=C(C)C(=O)OCC(C)OC. The maximum atomic E-state index is 10.8. The van der Waals surface area contributed by atoms with E-state index in [0.717, 1.165) is 23.7 Å². The summed E-state index contributed by atoms with van der Waals surface area (Å²) in [5.74, 6) is 3.99. The molecule has 3 nitrogen and oxygen atoms in total. The number of methoxy groups -OCH3 is 1. The third kappa shape index (κ3) is 3.97. The summed E-state index contributed by atoms with van der Waals surface area (Å²) in [7, 11) is 1.57. The number of allylic oxidation sites excluding steroid dienone is 2. The molecule has 0 aromatic heterocycles. The first kappa shape index (κ1) is 16.3. The van der Waals surface area contributed by atoms with Crippen molar-refractivity contribution in [2.24, 2.45) is 23.7 Å². The van der Waals surface area contributed by atoms with Crippen LogP contribution in [0.5, 0.6) is 0 Å². The molecule has 2 fully saturated rings. The van der Waals surface area contributed by atoms with Crippen LogP contribution in [0.4, 0.5) is 0 Å². The molecule has 0 heterocycles. The van der Waals surface area contributed by atoms with Gasteiger partial charge in [-0.05, 0) is 63.2 Å². The van der Waals surface area contributed by atoms with Crippen molar-refractivity contribution >= 4 is 5.97 Å². The molecule has 0 aromatic carbocycles. The average molecular weight is 292 g/mol. The first-order valence-electron chi connectivity index (χ1n) is 8.05. The van der Waals surface area contributed by atoms with E-state index in [0.29, 0.717) is 5.57 Å². The van der Waals surface area contributed by atoms with Crippen molar-refractivity contribution in [2.75, 3.05) is 13.7 Å². The normalized spacial score (nSPS) is 33.1. The zero-order valence-corrected chi connectivity index (χ0v) is 13.5. The Hall–Kier alpha value is -1.09. The van der Waals surface area contributed by atoms with Gasteiger partial charge >= 0.3 is 5.97 Å². The molecule has 5 atom stereocenters. The van der Waals surface area contributed by atoms with Crippen LogP contribution < -0.4 is 0 Å². The Morgan fingerprint density at radius 3 is 2.71 bits per heavy atom. The van der Waals surface area contributed by atoms with Gasteiger partial charge in [-0.1, -0.05) is 18.7 Å². The van der Waals surface area contributed by atoms with Gasteiger partial charge < -0.3 is 9.47 Å². The lowest BCUT2D eigenvalue weighted by atomic mass is 9.82. The number of fused-ring (bicyclic) bond motifs is 5. The monoisotopic (exact) mass is 292 g/mol. The van der Waals surface area contributed by atoms with Gasteiger partial charge in [0.1, 0.15) is 6.61 Å². The summed E-state index contributed by atoms with van der Waals surface area (Å²) in [5.41, 5.74) is 0.410. The number of carbonyl (C=O) groups excluding carboxylic acids is 1. The van der Waals surface area contributed by atoms with Crippen molar-refractivity contribution in [1.82, 2.24) is 0 Å². The molecule has 0 radical (unpaired) electrons. The average Bonchev–Trinajstić information content (AvgIpc) is 3.17. The highest BCUT2D eigenvalue weighted by molar-refractivity contribution is 5.86. The predicted octanol–water partition coefficient (Wildman–Crippen LogP) is 3.75. The summed E-state index contributed by atoms with van der Waals surface area (Å²) in [6.45, 7) is 7.16. The van der Waals surface area contributed by atoms with Crippen LogP contribution in [0.2, 0.25) is 0 Å². The van der Waals surface area contributed by atoms with E-state index in [1.54, 1.807) is 26.9 Å². The van der Waals surface area contributed by atoms with Crippen LogP contribution in [0.15, 0.2) is 24.3 Å². The summed E-state index contributed by atoms with van der Waals surface area (Å²) >= 11 is 0. The van der Waals surface area contributed by atoms with E-state index < -0.39 is 0 Å². The number of hydrogen-bond acceptors (Lipinski definition) is 3. The van der Waals surface area contributed by atoms with Crippen molar-refractivity contribution < 1.29 is 14.3 Å². The van der Waals surface area contributed by atoms with Crippen LogP contribution in [0.3, 0.4) is 0 Å². The van der Waals surface area contributed by atoms with Gasteiger partial charge in [-0.3, -0.25) is 0 Å². The summed E-state index contributed by atoms with van der Waals surface area (Å²) in [6, 6.07) is 0. The molecule has 2 saturated carbocycles. The number of hydrogen-bond donors (Lipinski definition) is 0. The van der Waals surface area contributed by atoms with Crippen molar-refractivity contribution in [2.45, 2.75) is 45.6 Å². The van der Waals surface area contributed by atoms with Gasteiger partial charge in [-0.2, -0.15) is 0 Å². The molecule has 0 amide bonds. The first-order chi connectivity index (χ1) is 10.0. The lowest BCUT2D eigenvalue weighted by molar-refractivity contribution is -0.142. The lowest BCUT2D eigenvalue weighted by Crippen LogP contribution is -2.17. The fourth-order valence-corrected chi connectivity index (χ4v) is 3.88. The third-order valence-electron chi connectivity index (χ3n) is 5.12. The summed E-state index contributed by atoms with van der Waals surface area (Å²) in [5, 5.41) is 0. The lowest BCUT2D eigenvalue weighted by Gasteiger charge is -2.23. The molecule has 3 aliphatic rings. The van der Waals surface area contributed by atoms with Gasteiger partial charge in [0, 0.05) is 12.7 Å². The topological polar surface area (TPSA) is 35.5 Å².